The number of rotatable bonds is 0. The summed E-state index contributed by atoms with van der Waals surface area (Å²) in [5.41, 5.74) is 0. The minimum absolute atomic E-state index is 0.114. The molecule has 0 aromatic heterocycles. The second-order valence-corrected chi connectivity index (χ2v) is 3.38. The highest BCUT2D eigenvalue weighted by Gasteiger charge is 2.25. The third kappa shape index (κ3) is 2.27. The molecule has 1 fully saturated rings. The molecule has 0 radical (unpaired) electrons. The fourth-order valence-electron chi connectivity index (χ4n) is 1.53. The first-order chi connectivity index (χ1) is 6.52. The predicted molar refractivity (Wildman–Crippen MR) is 48.4 cm³/mol. The van der Waals surface area contributed by atoms with E-state index in [0.717, 1.165) is 0 Å². The van der Waals surface area contributed by atoms with Crippen LogP contribution >= 0.6 is 0 Å². The highest BCUT2D eigenvalue weighted by molar-refractivity contribution is 5.67. The molecule has 14 heavy (non-hydrogen) atoms. The summed E-state index contributed by atoms with van der Waals surface area (Å²) in [6.45, 7) is 2.70. The number of nitrogens with zero attached hydrogens (tertiary/aromatic N) is 2. The highest BCUT2D eigenvalue weighted by atomic mass is 16.4. The average Bonchev–Trinajstić information content (AvgIpc) is 2.26. The molecule has 0 saturated carbocycles. The predicted octanol–water partition coefficient (Wildman–Crippen LogP) is 0.739. The van der Waals surface area contributed by atoms with Crippen molar-refractivity contribution in [3.05, 3.63) is 0 Å². The molecule has 1 aliphatic heterocycles. The summed E-state index contributed by atoms with van der Waals surface area (Å²) in [5, 5.41) is 17.6. The van der Waals surface area contributed by atoms with E-state index in [2.05, 4.69) is 0 Å². The molecule has 2 amide bonds. The first-order valence-corrected chi connectivity index (χ1v) is 4.50. The van der Waals surface area contributed by atoms with Gasteiger partial charge in [0.2, 0.25) is 0 Å². The second kappa shape index (κ2) is 4.17. The Hall–Kier alpha value is -1.46. The SMILES string of the molecule is C[C@H]1CCN(C(=O)O)CCN1C(=O)O. The van der Waals surface area contributed by atoms with Gasteiger partial charge in [0.1, 0.15) is 0 Å². The van der Waals surface area contributed by atoms with Crippen molar-refractivity contribution < 1.29 is 19.8 Å². The number of hydrogen-bond donors (Lipinski definition) is 2. The van der Waals surface area contributed by atoms with Gasteiger partial charge >= 0.3 is 12.2 Å². The van der Waals surface area contributed by atoms with Gasteiger partial charge in [0.15, 0.2) is 0 Å². The van der Waals surface area contributed by atoms with Crippen molar-refractivity contribution in [1.82, 2.24) is 9.80 Å². The molecule has 0 spiro atoms. The van der Waals surface area contributed by atoms with Crippen molar-refractivity contribution >= 4 is 12.2 Å². The summed E-state index contributed by atoms with van der Waals surface area (Å²) >= 11 is 0. The van der Waals surface area contributed by atoms with Gasteiger partial charge in [-0.15, -0.1) is 0 Å². The van der Waals surface area contributed by atoms with E-state index in [1.807, 2.05) is 0 Å². The Labute approximate surface area is 81.7 Å². The maximum Gasteiger partial charge on any atom is 0.407 e. The molecule has 0 aliphatic carbocycles. The summed E-state index contributed by atoms with van der Waals surface area (Å²) < 4.78 is 0. The topological polar surface area (TPSA) is 81.1 Å². The lowest BCUT2D eigenvalue weighted by Gasteiger charge is -2.22. The zero-order valence-electron chi connectivity index (χ0n) is 8.01. The normalized spacial score (nSPS) is 23.1. The summed E-state index contributed by atoms with van der Waals surface area (Å²) in [7, 11) is 0. The summed E-state index contributed by atoms with van der Waals surface area (Å²) in [6, 6.07) is -0.114. The minimum Gasteiger partial charge on any atom is -0.465 e. The molecule has 1 aliphatic rings. The maximum absolute atomic E-state index is 10.8. The van der Waals surface area contributed by atoms with Gasteiger partial charge in [-0.25, -0.2) is 9.59 Å². The van der Waals surface area contributed by atoms with Crippen molar-refractivity contribution in [3.63, 3.8) is 0 Å². The zero-order chi connectivity index (χ0) is 10.7. The van der Waals surface area contributed by atoms with Crippen molar-refractivity contribution in [1.29, 1.82) is 0 Å². The van der Waals surface area contributed by atoms with Crippen molar-refractivity contribution in [3.8, 4) is 0 Å². The van der Waals surface area contributed by atoms with Crippen LogP contribution in [-0.4, -0.2) is 57.9 Å². The molecular formula is C8H14N2O4. The van der Waals surface area contributed by atoms with E-state index in [4.69, 9.17) is 10.2 Å². The van der Waals surface area contributed by atoms with Crippen molar-refractivity contribution in [2.24, 2.45) is 0 Å². The average molecular weight is 202 g/mol. The van der Waals surface area contributed by atoms with Crippen LogP contribution in [0, 0.1) is 0 Å². The van der Waals surface area contributed by atoms with Crippen LogP contribution in [0.1, 0.15) is 13.3 Å². The van der Waals surface area contributed by atoms with Crippen LogP contribution in [0.4, 0.5) is 9.59 Å². The summed E-state index contributed by atoms with van der Waals surface area (Å²) in [6.07, 6.45) is -1.41. The van der Waals surface area contributed by atoms with Crippen LogP contribution in [0.2, 0.25) is 0 Å². The van der Waals surface area contributed by atoms with Gasteiger partial charge < -0.3 is 20.0 Å². The second-order valence-electron chi connectivity index (χ2n) is 3.38. The van der Waals surface area contributed by atoms with E-state index in [1.54, 1.807) is 6.92 Å². The Kier molecular flexibility index (Phi) is 3.16. The Balaban J connectivity index is 2.62. The number of hydrogen-bond acceptors (Lipinski definition) is 2. The van der Waals surface area contributed by atoms with E-state index < -0.39 is 12.2 Å². The molecule has 0 unspecified atom stereocenters. The first kappa shape index (κ1) is 10.6. The van der Waals surface area contributed by atoms with Crippen LogP contribution in [0.3, 0.4) is 0 Å². The van der Waals surface area contributed by atoms with Crippen LogP contribution in [-0.2, 0) is 0 Å². The van der Waals surface area contributed by atoms with Gasteiger partial charge in [-0.05, 0) is 13.3 Å². The monoisotopic (exact) mass is 202 g/mol. The molecule has 6 nitrogen and oxygen atoms in total. The molecule has 0 bridgehead atoms. The van der Waals surface area contributed by atoms with E-state index >= 15 is 0 Å². The van der Waals surface area contributed by atoms with E-state index in [-0.39, 0.29) is 19.1 Å². The first-order valence-electron chi connectivity index (χ1n) is 4.50. The standard InChI is InChI=1S/C8H14N2O4/c1-6-2-3-9(7(11)12)4-5-10(6)8(13)14/h6H,2-5H2,1H3,(H,11,12)(H,13,14)/t6-/m0/s1. The number of amides is 2. The van der Waals surface area contributed by atoms with Crippen LogP contribution in [0.25, 0.3) is 0 Å². The molecule has 80 valence electrons. The molecule has 0 aromatic rings. The quantitative estimate of drug-likeness (QED) is 0.607. The van der Waals surface area contributed by atoms with Gasteiger partial charge in [0.05, 0.1) is 0 Å². The molecule has 0 aromatic carbocycles. The maximum atomic E-state index is 10.8. The van der Waals surface area contributed by atoms with Crippen molar-refractivity contribution in [2.45, 2.75) is 19.4 Å². The van der Waals surface area contributed by atoms with E-state index in [0.29, 0.717) is 13.0 Å². The lowest BCUT2D eigenvalue weighted by Crippen LogP contribution is -2.39. The van der Waals surface area contributed by atoms with Crippen LogP contribution < -0.4 is 0 Å². The van der Waals surface area contributed by atoms with Crippen LogP contribution in [0.15, 0.2) is 0 Å². The van der Waals surface area contributed by atoms with Gasteiger partial charge in [0.25, 0.3) is 0 Å². The zero-order valence-corrected chi connectivity index (χ0v) is 8.01. The summed E-state index contributed by atoms with van der Waals surface area (Å²) in [4.78, 5) is 23.9. The van der Waals surface area contributed by atoms with Crippen molar-refractivity contribution in [2.75, 3.05) is 19.6 Å². The van der Waals surface area contributed by atoms with Gasteiger partial charge in [-0.2, -0.15) is 0 Å². The number of carbonyl (C=O) groups is 2. The summed E-state index contributed by atoms with van der Waals surface area (Å²) in [5.74, 6) is 0. The fraction of sp³-hybridized carbons (Fsp3) is 0.750. The molecule has 2 N–H and O–H groups in total. The lowest BCUT2D eigenvalue weighted by molar-refractivity contribution is 0.127. The highest BCUT2D eigenvalue weighted by Crippen LogP contribution is 2.10. The van der Waals surface area contributed by atoms with Gasteiger partial charge in [-0.1, -0.05) is 0 Å². The smallest absolute Gasteiger partial charge is 0.407 e. The van der Waals surface area contributed by atoms with E-state index in [1.165, 1.54) is 9.80 Å². The third-order valence-corrected chi connectivity index (χ3v) is 2.48. The van der Waals surface area contributed by atoms with E-state index in [9.17, 15) is 9.59 Å². The van der Waals surface area contributed by atoms with Gasteiger partial charge in [0, 0.05) is 25.7 Å². The molecule has 1 rings (SSSR count). The Morgan fingerprint density at radius 2 is 1.79 bits per heavy atom. The van der Waals surface area contributed by atoms with Crippen LogP contribution in [0.5, 0.6) is 0 Å². The fourth-order valence-corrected chi connectivity index (χ4v) is 1.53. The number of carboxylic acid groups (broad SMARTS) is 2. The molecule has 1 heterocycles. The minimum atomic E-state index is -0.982. The Morgan fingerprint density at radius 1 is 1.14 bits per heavy atom. The third-order valence-electron chi connectivity index (χ3n) is 2.48. The lowest BCUT2D eigenvalue weighted by atomic mass is 10.2. The molecular weight excluding hydrogens is 188 g/mol. The molecule has 1 saturated heterocycles. The largest absolute Gasteiger partial charge is 0.465 e. The molecule has 6 heteroatoms. The Bertz CT molecular complexity index is 243. The Morgan fingerprint density at radius 3 is 2.29 bits per heavy atom. The van der Waals surface area contributed by atoms with Gasteiger partial charge in [-0.3, -0.25) is 0 Å². The molecule has 1 atom stereocenters.